The van der Waals surface area contributed by atoms with Gasteiger partial charge in [0.25, 0.3) is 5.91 Å². The number of rotatable bonds is 10. The average Bonchev–Trinajstić information content (AvgIpc) is 3.62. The first-order valence-electron chi connectivity index (χ1n) is 10.9. The number of alkyl halides is 1. The Labute approximate surface area is 208 Å². The first-order chi connectivity index (χ1) is 16.2. The number of nitrogens with one attached hydrogen (secondary N) is 1. The normalized spacial score (nSPS) is 15.5. The van der Waals surface area contributed by atoms with Crippen molar-refractivity contribution >= 4 is 29.1 Å². The number of hydrogen-bond acceptors (Lipinski definition) is 5. The second-order valence-corrected chi connectivity index (χ2v) is 9.07. The molecule has 3 rings (SSSR count). The maximum absolute atomic E-state index is 14.8. The Morgan fingerprint density at radius 2 is 1.97 bits per heavy atom. The summed E-state index contributed by atoms with van der Waals surface area (Å²) in [4.78, 5) is 13.1. The highest BCUT2D eigenvalue weighted by Gasteiger charge is 2.26. The van der Waals surface area contributed by atoms with E-state index in [1.807, 2.05) is 18.2 Å². The number of ether oxygens (including phenoxy) is 2. The maximum atomic E-state index is 14.8. The molecule has 34 heavy (non-hydrogen) atoms. The van der Waals surface area contributed by atoms with E-state index >= 15 is 0 Å². The summed E-state index contributed by atoms with van der Waals surface area (Å²) in [5.74, 6) is 0.106. The van der Waals surface area contributed by atoms with Crippen LogP contribution in [-0.2, 0) is 9.53 Å². The van der Waals surface area contributed by atoms with Crippen LogP contribution >= 0.6 is 23.2 Å². The zero-order valence-electron chi connectivity index (χ0n) is 19.0. The van der Waals surface area contributed by atoms with E-state index in [1.54, 1.807) is 19.9 Å². The third-order valence-corrected chi connectivity index (χ3v) is 5.67. The second kappa shape index (κ2) is 11.5. The van der Waals surface area contributed by atoms with Gasteiger partial charge in [0.15, 0.2) is 5.76 Å². The van der Waals surface area contributed by atoms with Crippen molar-refractivity contribution in [2.24, 2.45) is 11.5 Å². The molecule has 5 N–H and O–H groups in total. The predicted octanol–water partition coefficient (Wildman–Crippen LogP) is 5.47. The summed E-state index contributed by atoms with van der Waals surface area (Å²) in [5, 5.41) is 3.06. The average molecular weight is 508 g/mol. The van der Waals surface area contributed by atoms with E-state index in [9.17, 15) is 9.18 Å². The molecule has 1 unspecified atom stereocenters. The van der Waals surface area contributed by atoms with E-state index in [1.165, 1.54) is 18.2 Å². The molecule has 0 aromatic heterocycles. The molecule has 0 radical (unpaired) electrons. The fourth-order valence-corrected chi connectivity index (χ4v) is 3.87. The Bertz CT molecular complexity index is 1100. The lowest BCUT2D eigenvalue weighted by Crippen LogP contribution is -2.32. The van der Waals surface area contributed by atoms with Crippen molar-refractivity contribution in [1.29, 1.82) is 0 Å². The zero-order valence-corrected chi connectivity index (χ0v) is 20.5. The molecule has 1 saturated carbocycles. The van der Waals surface area contributed by atoms with Gasteiger partial charge in [0, 0.05) is 21.8 Å². The Kier molecular flexibility index (Phi) is 8.69. The van der Waals surface area contributed by atoms with Gasteiger partial charge in [-0.15, -0.1) is 0 Å². The van der Waals surface area contributed by atoms with Gasteiger partial charge in [0.05, 0.1) is 12.6 Å². The summed E-state index contributed by atoms with van der Waals surface area (Å²) < 4.78 is 26.3. The van der Waals surface area contributed by atoms with Crippen LogP contribution in [0.2, 0.25) is 10.0 Å². The number of benzene rings is 2. The van der Waals surface area contributed by atoms with E-state index in [0.29, 0.717) is 16.7 Å². The number of carbonyl (C=O) groups excluding carboxylic acids is 1. The number of amides is 1. The van der Waals surface area contributed by atoms with Crippen LogP contribution in [0.5, 0.6) is 5.75 Å². The van der Waals surface area contributed by atoms with E-state index in [-0.39, 0.29) is 40.5 Å². The van der Waals surface area contributed by atoms with E-state index in [4.69, 9.17) is 44.1 Å². The van der Waals surface area contributed by atoms with Crippen LogP contribution in [-0.4, -0.2) is 18.6 Å². The summed E-state index contributed by atoms with van der Waals surface area (Å²) in [6.07, 6.45) is 1.49. The van der Waals surface area contributed by atoms with Crippen LogP contribution in [0.1, 0.15) is 49.9 Å². The van der Waals surface area contributed by atoms with Crippen molar-refractivity contribution in [1.82, 2.24) is 5.32 Å². The highest BCUT2D eigenvalue weighted by molar-refractivity contribution is 6.35. The van der Waals surface area contributed by atoms with Crippen LogP contribution in [0.4, 0.5) is 4.39 Å². The number of halogens is 3. The van der Waals surface area contributed by atoms with Crippen molar-refractivity contribution in [2.45, 2.75) is 44.9 Å². The lowest BCUT2D eigenvalue weighted by Gasteiger charge is -2.19. The molecule has 1 atom stereocenters. The molecule has 1 fully saturated rings. The van der Waals surface area contributed by atoms with Crippen molar-refractivity contribution < 1.29 is 18.7 Å². The van der Waals surface area contributed by atoms with Gasteiger partial charge >= 0.3 is 0 Å². The summed E-state index contributed by atoms with van der Waals surface area (Å²) in [7, 11) is 0. The molecule has 6 nitrogen and oxygen atoms in total. The van der Waals surface area contributed by atoms with Gasteiger partial charge in [-0.3, -0.25) is 4.79 Å². The predicted molar refractivity (Wildman–Crippen MR) is 132 cm³/mol. The van der Waals surface area contributed by atoms with E-state index in [2.05, 4.69) is 5.32 Å². The summed E-state index contributed by atoms with van der Waals surface area (Å²) >= 11 is 12.0. The third-order valence-electron chi connectivity index (χ3n) is 5.11. The topological polar surface area (TPSA) is 99.6 Å². The molecule has 1 aliphatic rings. The molecule has 0 spiro atoms. The van der Waals surface area contributed by atoms with E-state index in [0.717, 1.165) is 24.6 Å². The van der Waals surface area contributed by atoms with Crippen LogP contribution < -0.4 is 21.5 Å². The van der Waals surface area contributed by atoms with Gasteiger partial charge in [-0.25, -0.2) is 4.39 Å². The second-order valence-electron chi connectivity index (χ2n) is 8.23. The molecule has 0 heterocycles. The van der Waals surface area contributed by atoms with Crippen LogP contribution in [0.15, 0.2) is 65.9 Å². The first kappa shape index (κ1) is 25.7. The minimum Gasteiger partial charge on any atom is -0.476 e. The number of nitrogens with two attached hydrogens (primary N) is 2. The minimum absolute atomic E-state index is 0.0106. The van der Waals surface area contributed by atoms with Gasteiger partial charge in [0.2, 0.25) is 5.88 Å². The van der Waals surface area contributed by atoms with Gasteiger partial charge < -0.3 is 26.3 Å². The van der Waals surface area contributed by atoms with Crippen molar-refractivity contribution in [3.05, 3.63) is 87.1 Å². The van der Waals surface area contributed by atoms with Crippen molar-refractivity contribution in [2.75, 3.05) is 6.54 Å². The van der Waals surface area contributed by atoms with E-state index < -0.39 is 12.1 Å². The molecular weight excluding hydrogens is 480 g/mol. The Balaban J connectivity index is 1.80. The monoisotopic (exact) mass is 507 g/mol. The molecule has 2 aromatic rings. The Morgan fingerprint density at radius 3 is 2.59 bits per heavy atom. The van der Waals surface area contributed by atoms with Crippen LogP contribution in [0.25, 0.3) is 0 Å². The summed E-state index contributed by atoms with van der Waals surface area (Å²) in [6.45, 7) is 3.15. The van der Waals surface area contributed by atoms with Crippen LogP contribution in [0.3, 0.4) is 0 Å². The molecule has 9 heteroatoms. The standard InChI is InChI=1S/C25H28Cl2FN3O3/c1-14(2)33-24(30)23(22(12-29)34-18-5-3-4-16(10-18)15-6-7-15)25(32)31-13-21(28)19-9-8-17(26)11-20(19)27/h3-5,8-12,14-15,21H,6-7,13,29-30H2,1-2H3,(H,31,32)/b22-12+,24-23-. The molecule has 1 amide bonds. The largest absolute Gasteiger partial charge is 0.476 e. The molecule has 0 saturated heterocycles. The van der Waals surface area contributed by atoms with Gasteiger partial charge in [-0.05, 0) is 62.4 Å². The van der Waals surface area contributed by atoms with Gasteiger partial charge in [-0.2, -0.15) is 0 Å². The lowest BCUT2D eigenvalue weighted by atomic mass is 10.1. The van der Waals surface area contributed by atoms with Crippen LogP contribution in [0, 0.1) is 0 Å². The summed E-state index contributed by atoms with van der Waals surface area (Å²) in [5.41, 5.74) is 13.1. The first-order valence-corrected chi connectivity index (χ1v) is 11.7. The number of carbonyl (C=O) groups is 1. The van der Waals surface area contributed by atoms with Crippen molar-refractivity contribution in [3.63, 3.8) is 0 Å². The van der Waals surface area contributed by atoms with Crippen molar-refractivity contribution in [3.8, 4) is 5.75 Å². The third kappa shape index (κ3) is 6.81. The fourth-order valence-electron chi connectivity index (χ4n) is 3.34. The highest BCUT2D eigenvalue weighted by atomic mass is 35.5. The molecular formula is C25H28Cl2FN3O3. The smallest absolute Gasteiger partial charge is 0.260 e. The Hall–Kier alpha value is -2.90. The van der Waals surface area contributed by atoms with Gasteiger partial charge in [0.1, 0.15) is 17.5 Å². The molecule has 1 aliphatic carbocycles. The SMILES string of the molecule is CC(C)O/C(N)=C(C(=O)NCC(F)c1ccc(Cl)cc1Cl)/C(=C\N)Oc1cccc(C2CC2)c1. The fraction of sp³-hybridized carbons (Fsp3) is 0.320. The molecule has 2 aromatic carbocycles. The number of hydrogen-bond donors (Lipinski definition) is 3. The quantitative estimate of drug-likeness (QED) is 0.225. The van der Waals surface area contributed by atoms with Gasteiger partial charge in [-0.1, -0.05) is 41.4 Å². The molecule has 0 aliphatic heterocycles. The Morgan fingerprint density at radius 1 is 1.24 bits per heavy atom. The molecule has 182 valence electrons. The zero-order chi connectivity index (χ0) is 24.8. The maximum Gasteiger partial charge on any atom is 0.260 e. The highest BCUT2D eigenvalue weighted by Crippen LogP contribution is 2.41. The summed E-state index contributed by atoms with van der Waals surface area (Å²) in [6, 6.07) is 12.0. The molecule has 0 bridgehead atoms. The lowest BCUT2D eigenvalue weighted by molar-refractivity contribution is -0.118. The minimum atomic E-state index is -1.58.